The van der Waals surface area contributed by atoms with Gasteiger partial charge in [0.05, 0.1) is 4.47 Å². The average Bonchev–Trinajstić information content (AvgIpc) is 2.17. The fourth-order valence-corrected chi connectivity index (χ4v) is 1.93. The van der Waals surface area contributed by atoms with Crippen LogP contribution in [0.5, 0.6) is 0 Å². The fourth-order valence-electron chi connectivity index (χ4n) is 1.68. The van der Waals surface area contributed by atoms with Crippen LogP contribution in [0, 0.1) is 11.7 Å². The molecule has 1 nitrogen and oxygen atoms in total. The van der Waals surface area contributed by atoms with E-state index in [2.05, 4.69) is 28.2 Å². The van der Waals surface area contributed by atoms with Crippen molar-refractivity contribution in [3.63, 3.8) is 0 Å². The van der Waals surface area contributed by atoms with Gasteiger partial charge in [-0.3, -0.25) is 0 Å². The van der Waals surface area contributed by atoms with Gasteiger partial charge in [-0.1, -0.05) is 6.92 Å². The molecule has 1 fully saturated rings. The Bertz CT molecular complexity index is 340. The molecule has 2 unspecified atom stereocenters. The summed E-state index contributed by atoms with van der Waals surface area (Å²) in [5.41, 5.74) is 0.877. The molecule has 2 rings (SSSR count). The van der Waals surface area contributed by atoms with Crippen molar-refractivity contribution in [3.8, 4) is 0 Å². The van der Waals surface area contributed by atoms with Gasteiger partial charge < -0.3 is 5.32 Å². The van der Waals surface area contributed by atoms with E-state index >= 15 is 0 Å². The fraction of sp³-hybridized carbons (Fsp3) is 0.455. The van der Waals surface area contributed by atoms with Crippen molar-refractivity contribution in [1.82, 2.24) is 0 Å². The van der Waals surface area contributed by atoms with Crippen molar-refractivity contribution in [2.45, 2.75) is 25.8 Å². The van der Waals surface area contributed by atoms with Crippen LogP contribution in [0.25, 0.3) is 0 Å². The van der Waals surface area contributed by atoms with E-state index in [1.165, 1.54) is 18.9 Å². The van der Waals surface area contributed by atoms with E-state index in [1.807, 2.05) is 6.07 Å². The number of rotatable bonds is 2. The van der Waals surface area contributed by atoms with E-state index in [1.54, 1.807) is 6.07 Å². The topological polar surface area (TPSA) is 12.0 Å². The third kappa shape index (κ3) is 1.92. The van der Waals surface area contributed by atoms with Crippen LogP contribution < -0.4 is 5.32 Å². The van der Waals surface area contributed by atoms with Crippen molar-refractivity contribution >= 4 is 21.6 Å². The summed E-state index contributed by atoms with van der Waals surface area (Å²) in [6.07, 6.45) is 2.47. The van der Waals surface area contributed by atoms with Crippen LogP contribution in [0.15, 0.2) is 22.7 Å². The number of nitrogens with one attached hydrogen (secondary N) is 1. The minimum absolute atomic E-state index is 0.207. The first-order valence-corrected chi connectivity index (χ1v) is 5.67. The van der Waals surface area contributed by atoms with Crippen LogP contribution in [-0.4, -0.2) is 6.04 Å². The van der Waals surface area contributed by atoms with E-state index in [-0.39, 0.29) is 5.82 Å². The molecule has 0 aliphatic heterocycles. The third-order valence-electron chi connectivity index (χ3n) is 2.89. The largest absolute Gasteiger partial charge is 0.382 e. The Labute approximate surface area is 91.8 Å². The second kappa shape index (κ2) is 3.89. The molecule has 0 bridgehead atoms. The van der Waals surface area contributed by atoms with Crippen LogP contribution in [-0.2, 0) is 0 Å². The van der Waals surface area contributed by atoms with Gasteiger partial charge in [0.1, 0.15) is 5.82 Å². The zero-order valence-corrected chi connectivity index (χ0v) is 9.64. The number of halogens is 2. The van der Waals surface area contributed by atoms with Crippen LogP contribution in [0.2, 0.25) is 0 Å². The van der Waals surface area contributed by atoms with Gasteiger partial charge >= 0.3 is 0 Å². The molecule has 0 radical (unpaired) electrons. The van der Waals surface area contributed by atoms with Crippen molar-refractivity contribution < 1.29 is 4.39 Å². The SMILES string of the molecule is CC1CCC1Nc1ccc(Br)c(F)c1. The molecule has 1 aliphatic rings. The maximum atomic E-state index is 13.2. The van der Waals surface area contributed by atoms with E-state index in [9.17, 15) is 4.39 Å². The zero-order chi connectivity index (χ0) is 10.1. The predicted octanol–water partition coefficient (Wildman–Crippen LogP) is 3.80. The van der Waals surface area contributed by atoms with Crippen LogP contribution >= 0.6 is 15.9 Å². The lowest BCUT2D eigenvalue weighted by Gasteiger charge is -2.35. The normalized spacial score (nSPS) is 25.6. The molecular weight excluding hydrogens is 245 g/mol. The second-order valence-corrected chi connectivity index (χ2v) is 4.79. The number of benzene rings is 1. The van der Waals surface area contributed by atoms with Crippen LogP contribution in [0.4, 0.5) is 10.1 Å². The first-order valence-electron chi connectivity index (χ1n) is 4.88. The highest BCUT2D eigenvalue weighted by Crippen LogP contribution is 2.30. The summed E-state index contributed by atoms with van der Waals surface area (Å²) in [4.78, 5) is 0. The summed E-state index contributed by atoms with van der Waals surface area (Å²) in [5.74, 6) is 0.503. The molecule has 1 saturated carbocycles. The summed E-state index contributed by atoms with van der Waals surface area (Å²) < 4.78 is 13.7. The van der Waals surface area contributed by atoms with Gasteiger partial charge in [0, 0.05) is 11.7 Å². The van der Waals surface area contributed by atoms with Crippen molar-refractivity contribution in [2.24, 2.45) is 5.92 Å². The van der Waals surface area contributed by atoms with E-state index in [0.717, 1.165) is 5.69 Å². The molecule has 3 heteroatoms. The smallest absolute Gasteiger partial charge is 0.139 e. The average molecular weight is 258 g/mol. The molecule has 0 spiro atoms. The molecule has 76 valence electrons. The van der Waals surface area contributed by atoms with Crippen LogP contribution in [0.1, 0.15) is 19.8 Å². The van der Waals surface area contributed by atoms with Gasteiger partial charge in [-0.25, -0.2) is 4.39 Å². The molecule has 0 saturated heterocycles. The monoisotopic (exact) mass is 257 g/mol. The highest BCUT2D eigenvalue weighted by molar-refractivity contribution is 9.10. The lowest BCUT2D eigenvalue weighted by molar-refractivity contribution is 0.303. The van der Waals surface area contributed by atoms with E-state index in [4.69, 9.17) is 0 Å². The summed E-state index contributed by atoms with van der Waals surface area (Å²) in [6.45, 7) is 2.22. The van der Waals surface area contributed by atoms with Gasteiger partial charge in [-0.15, -0.1) is 0 Å². The lowest BCUT2D eigenvalue weighted by atomic mass is 9.81. The Hall–Kier alpha value is -0.570. The summed E-state index contributed by atoms with van der Waals surface area (Å²) >= 11 is 3.14. The van der Waals surface area contributed by atoms with E-state index < -0.39 is 0 Å². The number of hydrogen-bond donors (Lipinski definition) is 1. The molecule has 1 N–H and O–H groups in total. The molecule has 1 aromatic carbocycles. The van der Waals surface area contributed by atoms with Gasteiger partial charge in [0.2, 0.25) is 0 Å². The number of anilines is 1. The highest BCUT2D eigenvalue weighted by atomic mass is 79.9. The Morgan fingerprint density at radius 3 is 2.71 bits per heavy atom. The van der Waals surface area contributed by atoms with Gasteiger partial charge in [0.15, 0.2) is 0 Å². The maximum absolute atomic E-state index is 13.2. The summed E-state index contributed by atoms with van der Waals surface area (Å²) in [5, 5.41) is 3.34. The molecule has 14 heavy (non-hydrogen) atoms. The quantitative estimate of drug-likeness (QED) is 0.850. The molecule has 1 aromatic rings. The van der Waals surface area contributed by atoms with Gasteiger partial charge in [-0.05, 0) is 52.9 Å². The van der Waals surface area contributed by atoms with Gasteiger partial charge in [-0.2, -0.15) is 0 Å². The minimum Gasteiger partial charge on any atom is -0.382 e. The third-order valence-corrected chi connectivity index (χ3v) is 3.53. The first-order chi connectivity index (χ1) is 6.66. The minimum atomic E-state index is -0.207. The Balaban J connectivity index is 2.06. The summed E-state index contributed by atoms with van der Waals surface area (Å²) in [7, 11) is 0. The first kappa shape index (κ1) is 9.97. The number of hydrogen-bond acceptors (Lipinski definition) is 1. The molecule has 0 amide bonds. The zero-order valence-electron chi connectivity index (χ0n) is 8.06. The standard InChI is InChI=1S/C11H13BrFN/c1-7-2-5-11(7)14-8-3-4-9(12)10(13)6-8/h3-4,6-7,11,14H,2,5H2,1H3. The Morgan fingerprint density at radius 2 is 2.21 bits per heavy atom. The summed E-state index contributed by atoms with van der Waals surface area (Å²) in [6, 6.07) is 5.70. The Kier molecular flexibility index (Phi) is 2.77. The molecular formula is C11H13BrFN. The molecule has 0 heterocycles. The van der Waals surface area contributed by atoms with Crippen molar-refractivity contribution in [3.05, 3.63) is 28.5 Å². The molecule has 0 aromatic heterocycles. The van der Waals surface area contributed by atoms with Gasteiger partial charge in [0.25, 0.3) is 0 Å². The van der Waals surface area contributed by atoms with E-state index in [0.29, 0.717) is 16.4 Å². The second-order valence-electron chi connectivity index (χ2n) is 3.93. The Morgan fingerprint density at radius 1 is 1.43 bits per heavy atom. The van der Waals surface area contributed by atoms with Crippen molar-refractivity contribution in [1.29, 1.82) is 0 Å². The predicted molar refractivity (Wildman–Crippen MR) is 59.9 cm³/mol. The van der Waals surface area contributed by atoms with Crippen LogP contribution in [0.3, 0.4) is 0 Å². The highest BCUT2D eigenvalue weighted by Gasteiger charge is 2.26. The molecule has 1 aliphatic carbocycles. The molecule has 2 atom stereocenters. The maximum Gasteiger partial charge on any atom is 0.139 e. The van der Waals surface area contributed by atoms with Crippen molar-refractivity contribution in [2.75, 3.05) is 5.32 Å². The lowest BCUT2D eigenvalue weighted by Crippen LogP contribution is -2.36.